The van der Waals surface area contributed by atoms with E-state index in [1.807, 2.05) is 0 Å². The lowest BCUT2D eigenvalue weighted by atomic mass is 10.1. The van der Waals surface area contributed by atoms with Crippen LogP contribution in [-0.4, -0.2) is 27.2 Å². The van der Waals surface area contributed by atoms with Crippen molar-refractivity contribution in [3.8, 4) is 0 Å². The van der Waals surface area contributed by atoms with Crippen LogP contribution >= 0.6 is 22.6 Å². The van der Waals surface area contributed by atoms with Gasteiger partial charge in [-0.2, -0.15) is 0 Å². The van der Waals surface area contributed by atoms with E-state index >= 15 is 0 Å². The Labute approximate surface area is 128 Å². The second-order valence-corrected chi connectivity index (χ2v) is 6.29. The Balaban J connectivity index is 2.22. The van der Waals surface area contributed by atoms with Crippen molar-refractivity contribution in [1.29, 1.82) is 0 Å². The van der Waals surface area contributed by atoms with Crippen molar-refractivity contribution in [3.63, 3.8) is 0 Å². The minimum atomic E-state index is -0.353. The van der Waals surface area contributed by atoms with Gasteiger partial charge in [0.05, 0.1) is 12.5 Å². The normalized spacial score (nSPS) is 17.4. The van der Waals surface area contributed by atoms with Crippen LogP contribution in [0.15, 0.2) is 11.0 Å². The summed E-state index contributed by atoms with van der Waals surface area (Å²) in [5, 5.41) is 0.590. The van der Waals surface area contributed by atoms with Gasteiger partial charge in [0.1, 0.15) is 18.0 Å². The summed E-state index contributed by atoms with van der Waals surface area (Å²) in [5.41, 5.74) is 0.563. The van der Waals surface area contributed by atoms with E-state index in [1.54, 1.807) is 15.3 Å². The number of aromatic nitrogens is 3. The van der Waals surface area contributed by atoms with E-state index in [0.717, 1.165) is 22.4 Å². The van der Waals surface area contributed by atoms with Crippen molar-refractivity contribution in [3.05, 3.63) is 25.9 Å². The van der Waals surface area contributed by atoms with Crippen LogP contribution in [0.5, 0.6) is 0 Å². The van der Waals surface area contributed by atoms with Crippen molar-refractivity contribution in [1.82, 2.24) is 14.1 Å². The Bertz CT molecular complexity index is 762. The van der Waals surface area contributed by atoms with E-state index in [4.69, 9.17) is 0 Å². The molecular weight excluding hydrogens is 373 g/mol. The molecule has 0 fully saturated rings. The zero-order chi connectivity index (χ0) is 14.4. The second-order valence-electron chi connectivity index (χ2n) is 5.13. The van der Waals surface area contributed by atoms with E-state index < -0.39 is 0 Å². The Morgan fingerprint density at radius 2 is 2.35 bits per heavy atom. The lowest BCUT2D eigenvalue weighted by Crippen LogP contribution is -2.22. The van der Waals surface area contributed by atoms with Crippen molar-refractivity contribution < 1.29 is 9.53 Å². The average Bonchev–Trinajstić information content (AvgIpc) is 2.91. The molecule has 3 rings (SSSR count). The first-order valence-corrected chi connectivity index (χ1v) is 7.44. The zero-order valence-electron chi connectivity index (χ0n) is 11.2. The fraction of sp³-hybridized carbons (Fsp3) is 0.462. The fourth-order valence-electron chi connectivity index (χ4n) is 2.62. The second kappa shape index (κ2) is 4.87. The maximum absolute atomic E-state index is 12.5. The minimum Gasteiger partial charge on any atom is -0.468 e. The number of nitrogens with zero attached hydrogens (tertiary/aromatic N) is 3. The quantitative estimate of drug-likeness (QED) is 0.573. The summed E-state index contributed by atoms with van der Waals surface area (Å²) in [6, 6.07) is 0. The highest BCUT2D eigenvalue weighted by Crippen LogP contribution is 2.23. The van der Waals surface area contributed by atoms with Crippen LogP contribution in [0.25, 0.3) is 11.0 Å². The van der Waals surface area contributed by atoms with E-state index in [9.17, 15) is 9.59 Å². The number of ether oxygens (including phenoxy) is 1. The smallest absolute Gasteiger partial charge is 0.325 e. The predicted octanol–water partition coefficient (Wildman–Crippen LogP) is 1.17. The molecule has 0 aromatic carbocycles. The molecule has 0 amide bonds. The van der Waals surface area contributed by atoms with E-state index in [1.165, 1.54) is 7.11 Å². The van der Waals surface area contributed by atoms with Gasteiger partial charge in [-0.3, -0.25) is 14.2 Å². The van der Waals surface area contributed by atoms with Crippen molar-refractivity contribution in [2.45, 2.75) is 26.4 Å². The molecule has 0 saturated carbocycles. The maximum atomic E-state index is 12.5. The first kappa shape index (κ1) is 13.6. The molecule has 0 aliphatic carbocycles. The fourth-order valence-corrected chi connectivity index (χ4v) is 3.43. The zero-order valence-corrected chi connectivity index (χ0v) is 13.4. The monoisotopic (exact) mass is 387 g/mol. The Morgan fingerprint density at radius 1 is 1.60 bits per heavy atom. The van der Waals surface area contributed by atoms with Crippen LogP contribution in [0.3, 0.4) is 0 Å². The minimum absolute atomic E-state index is 0.0117. The summed E-state index contributed by atoms with van der Waals surface area (Å²) < 4.78 is 8.93. The molecule has 7 heteroatoms. The van der Waals surface area contributed by atoms with E-state index in [-0.39, 0.29) is 18.1 Å². The summed E-state index contributed by atoms with van der Waals surface area (Å²) >= 11 is 2.11. The molecule has 106 valence electrons. The van der Waals surface area contributed by atoms with Crippen LogP contribution in [0, 0.1) is 9.49 Å². The molecule has 0 saturated heterocycles. The summed E-state index contributed by atoms with van der Waals surface area (Å²) in [7, 11) is 1.35. The molecule has 1 atom stereocenters. The summed E-state index contributed by atoms with van der Waals surface area (Å²) in [5.74, 6) is 0.873. The van der Waals surface area contributed by atoms with E-state index in [0.29, 0.717) is 17.0 Å². The highest BCUT2D eigenvalue weighted by molar-refractivity contribution is 14.1. The predicted molar refractivity (Wildman–Crippen MR) is 81.6 cm³/mol. The topological polar surface area (TPSA) is 66.1 Å². The molecule has 1 unspecified atom stereocenters. The first-order chi connectivity index (χ1) is 9.51. The number of carbonyl (C=O) groups excluding carboxylic acids is 1. The van der Waals surface area contributed by atoms with Crippen molar-refractivity contribution in [2.75, 3.05) is 7.11 Å². The molecule has 0 bridgehead atoms. The Kier molecular flexibility index (Phi) is 3.31. The number of methoxy groups -OCH3 is 1. The van der Waals surface area contributed by atoms with Crippen LogP contribution in [0.1, 0.15) is 12.7 Å². The van der Waals surface area contributed by atoms with Crippen LogP contribution in [-0.2, 0) is 29.0 Å². The molecule has 20 heavy (non-hydrogen) atoms. The SMILES string of the molecule is COC(=O)Cn1cc(I)c2c(=O)n3c(nc21)CC(C)C3. The lowest BCUT2D eigenvalue weighted by Gasteiger charge is -2.05. The van der Waals surface area contributed by atoms with Gasteiger partial charge in [-0.05, 0) is 28.5 Å². The third kappa shape index (κ3) is 2.04. The summed E-state index contributed by atoms with van der Waals surface area (Å²) in [4.78, 5) is 28.6. The van der Waals surface area contributed by atoms with Crippen LogP contribution < -0.4 is 5.56 Å². The molecule has 0 N–H and O–H groups in total. The molecule has 2 aromatic rings. The molecule has 1 aliphatic heterocycles. The van der Waals surface area contributed by atoms with Gasteiger partial charge in [0.15, 0.2) is 0 Å². The molecule has 0 radical (unpaired) electrons. The van der Waals surface area contributed by atoms with Gasteiger partial charge in [0.25, 0.3) is 5.56 Å². The lowest BCUT2D eigenvalue weighted by molar-refractivity contribution is -0.141. The van der Waals surface area contributed by atoms with Gasteiger partial charge in [-0.1, -0.05) is 6.92 Å². The van der Waals surface area contributed by atoms with Crippen molar-refractivity contribution in [2.24, 2.45) is 5.92 Å². The number of fused-ring (bicyclic) bond motifs is 2. The number of carbonyl (C=O) groups is 1. The highest BCUT2D eigenvalue weighted by Gasteiger charge is 2.24. The summed E-state index contributed by atoms with van der Waals surface area (Å²) in [6.45, 7) is 2.89. The highest BCUT2D eigenvalue weighted by atomic mass is 127. The molecule has 1 aliphatic rings. The van der Waals surface area contributed by atoms with Crippen LogP contribution in [0.4, 0.5) is 0 Å². The van der Waals surface area contributed by atoms with Gasteiger partial charge in [-0.15, -0.1) is 0 Å². The average molecular weight is 387 g/mol. The number of esters is 1. The van der Waals surface area contributed by atoms with Gasteiger partial charge < -0.3 is 9.30 Å². The number of halogens is 1. The van der Waals surface area contributed by atoms with Gasteiger partial charge >= 0.3 is 5.97 Å². The number of rotatable bonds is 2. The van der Waals surface area contributed by atoms with Gasteiger partial charge in [-0.25, -0.2) is 4.98 Å². The maximum Gasteiger partial charge on any atom is 0.325 e. The third-order valence-corrected chi connectivity index (χ3v) is 4.38. The standard InChI is InChI=1S/C13H14IN3O3/c1-7-3-9-15-12-11(13(19)17(9)4-7)8(14)5-16(12)6-10(18)20-2/h5,7H,3-4,6H2,1-2H3. The molecule has 0 spiro atoms. The molecule has 2 aromatic heterocycles. The first-order valence-electron chi connectivity index (χ1n) is 6.36. The van der Waals surface area contributed by atoms with Gasteiger partial charge in [0.2, 0.25) is 0 Å². The molecule has 6 nitrogen and oxygen atoms in total. The van der Waals surface area contributed by atoms with E-state index in [2.05, 4.69) is 39.2 Å². The van der Waals surface area contributed by atoms with Gasteiger partial charge in [0, 0.05) is 22.7 Å². The summed E-state index contributed by atoms with van der Waals surface area (Å²) in [6.07, 6.45) is 2.57. The number of hydrogen-bond donors (Lipinski definition) is 0. The molecule has 3 heterocycles. The van der Waals surface area contributed by atoms with Crippen molar-refractivity contribution >= 4 is 39.6 Å². The van der Waals surface area contributed by atoms with Crippen LogP contribution in [0.2, 0.25) is 0 Å². The molecular formula is C13H14IN3O3. The largest absolute Gasteiger partial charge is 0.468 e. The number of hydrogen-bond acceptors (Lipinski definition) is 4. The Morgan fingerprint density at radius 3 is 3.05 bits per heavy atom. The third-order valence-electron chi connectivity index (χ3n) is 3.56. The Hall–Kier alpha value is -1.38.